The number of ether oxygens (including phenoxy) is 2. The van der Waals surface area contributed by atoms with E-state index in [1.165, 1.54) is 0 Å². The average molecular weight is 335 g/mol. The Labute approximate surface area is 144 Å². The van der Waals surface area contributed by atoms with Crippen molar-refractivity contribution in [3.63, 3.8) is 0 Å². The molecule has 1 aliphatic rings. The van der Waals surface area contributed by atoms with Crippen LogP contribution in [0.15, 0.2) is 18.2 Å². The number of methoxy groups -OCH3 is 1. The minimum Gasteiger partial charge on any atom is -0.493 e. The first-order valence-corrected chi connectivity index (χ1v) is 8.53. The summed E-state index contributed by atoms with van der Waals surface area (Å²) >= 11 is 0. The Bertz CT molecular complexity index is 528. The van der Waals surface area contributed by atoms with Crippen molar-refractivity contribution in [2.75, 3.05) is 60.0 Å². The maximum Gasteiger partial charge on any atom is 0.223 e. The van der Waals surface area contributed by atoms with Gasteiger partial charge in [-0.2, -0.15) is 0 Å². The molecule has 0 spiro atoms. The van der Waals surface area contributed by atoms with Gasteiger partial charge < -0.3 is 19.7 Å². The van der Waals surface area contributed by atoms with Crippen LogP contribution in [0.1, 0.15) is 12.0 Å². The van der Waals surface area contributed by atoms with Gasteiger partial charge in [-0.25, -0.2) is 0 Å². The number of amides is 1. The molecule has 0 bridgehead atoms. The number of aryl methyl sites for hydroxylation is 1. The number of hydrogen-bond donors (Lipinski definition) is 1. The molecule has 1 amide bonds. The number of nitrogens with zero attached hydrogens (tertiary/aromatic N) is 2. The first-order valence-electron chi connectivity index (χ1n) is 8.53. The molecule has 1 aromatic rings. The molecule has 1 aliphatic heterocycles. The van der Waals surface area contributed by atoms with Crippen LogP contribution >= 0.6 is 0 Å². The second-order valence-electron chi connectivity index (χ2n) is 6.25. The minimum absolute atomic E-state index is 0.0233. The summed E-state index contributed by atoms with van der Waals surface area (Å²) in [7, 11) is 3.76. The fraction of sp³-hybridized carbons (Fsp3) is 0.611. The van der Waals surface area contributed by atoms with E-state index in [0.29, 0.717) is 31.1 Å². The largest absolute Gasteiger partial charge is 0.493 e. The van der Waals surface area contributed by atoms with Crippen molar-refractivity contribution in [3.05, 3.63) is 23.8 Å². The number of benzene rings is 1. The van der Waals surface area contributed by atoms with Crippen molar-refractivity contribution in [2.45, 2.75) is 13.3 Å². The number of piperazine rings is 1. The van der Waals surface area contributed by atoms with E-state index in [2.05, 4.69) is 22.2 Å². The van der Waals surface area contributed by atoms with Crippen molar-refractivity contribution in [1.82, 2.24) is 15.1 Å². The molecule has 1 fully saturated rings. The molecule has 0 saturated carbocycles. The Morgan fingerprint density at radius 1 is 1.21 bits per heavy atom. The molecule has 0 aromatic heterocycles. The average Bonchev–Trinajstić information content (AvgIpc) is 2.58. The van der Waals surface area contributed by atoms with Gasteiger partial charge in [0, 0.05) is 39.3 Å². The summed E-state index contributed by atoms with van der Waals surface area (Å²) in [5.74, 6) is 1.40. The van der Waals surface area contributed by atoms with Crippen LogP contribution in [0.3, 0.4) is 0 Å². The van der Waals surface area contributed by atoms with E-state index in [9.17, 15) is 4.79 Å². The summed E-state index contributed by atoms with van der Waals surface area (Å²) in [6, 6.07) is 5.76. The second-order valence-corrected chi connectivity index (χ2v) is 6.25. The Morgan fingerprint density at radius 2 is 1.96 bits per heavy atom. The van der Waals surface area contributed by atoms with Gasteiger partial charge >= 0.3 is 0 Å². The minimum atomic E-state index is 0.0233. The topological polar surface area (TPSA) is 54.0 Å². The SMILES string of the molecule is COc1cc(C)ccc1OCCC(=O)NCCN1CCN(C)CC1. The molecule has 0 radical (unpaired) electrons. The van der Waals surface area contributed by atoms with Gasteiger partial charge in [-0.1, -0.05) is 6.07 Å². The number of carbonyl (C=O) groups is 1. The third-order valence-electron chi connectivity index (χ3n) is 4.25. The van der Waals surface area contributed by atoms with Crippen LogP contribution < -0.4 is 14.8 Å². The van der Waals surface area contributed by atoms with Gasteiger partial charge in [0.15, 0.2) is 11.5 Å². The molecule has 1 saturated heterocycles. The van der Waals surface area contributed by atoms with Gasteiger partial charge in [0.25, 0.3) is 0 Å². The Morgan fingerprint density at radius 3 is 2.67 bits per heavy atom. The predicted octanol–water partition coefficient (Wildman–Crippen LogP) is 1.14. The fourth-order valence-electron chi connectivity index (χ4n) is 2.66. The Kier molecular flexibility index (Phi) is 7.34. The molecule has 0 aliphatic carbocycles. The van der Waals surface area contributed by atoms with Crippen molar-refractivity contribution in [3.8, 4) is 11.5 Å². The molecule has 6 nitrogen and oxygen atoms in total. The maximum atomic E-state index is 11.9. The van der Waals surface area contributed by atoms with Crippen LogP contribution in [0.2, 0.25) is 0 Å². The summed E-state index contributed by atoms with van der Waals surface area (Å²) in [6.07, 6.45) is 0.347. The molecule has 0 atom stereocenters. The molecule has 1 aromatic carbocycles. The molecular formula is C18H29N3O3. The van der Waals surface area contributed by atoms with Gasteiger partial charge in [0.1, 0.15) is 0 Å². The molecule has 2 rings (SSSR count). The van der Waals surface area contributed by atoms with E-state index < -0.39 is 0 Å². The van der Waals surface area contributed by atoms with Crippen molar-refractivity contribution in [2.24, 2.45) is 0 Å². The van der Waals surface area contributed by atoms with Crippen molar-refractivity contribution in [1.29, 1.82) is 0 Å². The van der Waals surface area contributed by atoms with E-state index in [-0.39, 0.29) is 5.91 Å². The number of carbonyl (C=O) groups excluding carboxylic acids is 1. The van der Waals surface area contributed by atoms with Crippen LogP contribution in [-0.2, 0) is 4.79 Å². The highest BCUT2D eigenvalue weighted by Crippen LogP contribution is 2.27. The Hall–Kier alpha value is -1.79. The molecule has 1 heterocycles. The molecule has 24 heavy (non-hydrogen) atoms. The Balaban J connectivity index is 1.61. The van der Waals surface area contributed by atoms with E-state index in [1.807, 2.05) is 25.1 Å². The molecule has 1 N–H and O–H groups in total. The summed E-state index contributed by atoms with van der Waals surface area (Å²) in [5.41, 5.74) is 1.11. The van der Waals surface area contributed by atoms with E-state index in [1.54, 1.807) is 7.11 Å². The highest BCUT2D eigenvalue weighted by molar-refractivity contribution is 5.75. The summed E-state index contributed by atoms with van der Waals surface area (Å²) in [6.45, 7) is 8.29. The molecule has 0 unspecified atom stereocenters. The fourth-order valence-corrected chi connectivity index (χ4v) is 2.66. The number of hydrogen-bond acceptors (Lipinski definition) is 5. The standard InChI is InChI=1S/C18H29N3O3/c1-15-4-5-16(17(14-15)23-3)24-13-6-18(22)19-7-8-21-11-9-20(2)10-12-21/h4-5,14H,6-13H2,1-3H3,(H,19,22). The quantitative estimate of drug-likeness (QED) is 0.772. The molecular weight excluding hydrogens is 306 g/mol. The van der Waals surface area contributed by atoms with Crippen LogP contribution in [0.25, 0.3) is 0 Å². The predicted molar refractivity (Wildman–Crippen MR) is 94.8 cm³/mol. The molecule has 134 valence electrons. The highest BCUT2D eigenvalue weighted by atomic mass is 16.5. The molecule has 6 heteroatoms. The van der Waals surface area contributed by atoms with Crippen molar-refractivity contribution < 1.29 is 14.3 Å². The smallest absolute Gasteiger partial charge is 0.223 e. The number of likely N-dealkylation sites (N-methyl/N-ethyl adjacent to an activating group) is 1. The highest BCUT2D eigenvalue weighted by Gasteiger charge is 2.13. The van der Waals surface area contributed by atoms with Gasteiger partial charge in [0.2, 0.25) is 5.91 Å². The first kappa shape index (κ1) is 18.5. The lowest BCUT2D eigenvalue weighted by atomic mass is 10.2. The van der Waals surface area contributed by atoms with E-state index >= 15 is 0 Å². The third kappa shape index (κ3) is 6.02. The summed E-state index contributed by atoms with van der Waals surface area (Å²) in [4.78, 5) is 16.6. The van der Waals surface area contributed by atoms with Crippen LogP contribution in [0, 0.1) is 6.92 Å². The lowest BCUT2D eigenvalue weighted by molar-refractivity contribution is -0.121. The summed E-state index contributed by atoms with van der Waals surface area (Å²) in [5, 5.41) is 2.96. The maximum absolute atomic E-state index is 11.9. The normalized spacial score (nSPS) is 16.0. The number of nitrogens with one attached hydrogen (secondary N) is 1. The first-order chi connectivity index (χ1) is 11.6. The zero-order valence-electron chi connectivity index (χ0n) is 15.0. The van der Waals surface area contributed by atoms with Crippen LogP contribution in [0.5, 0.6) is 11.5 Å². The van der Waals surface area contributed by atoms with Crippen LogP contribution in [0.4, 0.5) is 0 Å². The van der Waals surface area contributed by atoms with Gasteiger partial charge in [-0.05, 0) is 31.7 Å². The van der Waals surface area contributed by atoms with Gasteiger partial charge in [0.05, 0.1) is 20.1 Å². The van der Waals surface area contributed by atoms with E-state index in [4.69, 9.17) is 9.47 Å². The zero-order valence-corrected chi connectivity index (χ0v) is 15.0. The monoisotopic (exact) mass is 335 g/mol. The third-order valence-corrected chi connectivity index (χ3v) is 4.25. The van der Waals surface area contributed by atoms with E-state index in [0.717, 1.165) is 38.3 Å². The summed E-state index contributed by atoms with van der Waals surface area (Å²) < 4.78 is 10.9. The lowest BCUT2D eigenvalue weighted by Gasteiger charge is -2.32. The lowest BCUT2D eigenvalue weighted by Crippen LogP contribution is -2.46. The van der Waals surface area contributed by atoms with Gasteiger partial charge in [-0.15, -0.1) is 0 Å². The zero-order chi connectivity index (χ0) is 17.4. The van der Waals surface area contributed by atoms with Crippen LogP contribution in [-0.4, -0.2) is 75.7 Å². The second kappa shape index (κ2) is 9.49. The van der Waals surface area contributed by atoms with Crippen molar-refractivity contribution >= 4 is 5.91 Å². The van der Waals surface area contributed by atoms with Gasteiger partial charge in [-0.3, -0.25) is 9.69 Å². The number of rotatable bonds is 8.